The van der Waals surface area contributed by atoms with E-state index in [0.29, 0.717) is 11.4 Å². The summed E-state index contributed by atoms with van der Waals surface area (Å²) in [6.45, 7) is 0. The summed E-state index contributed by atoms with van der Waals surface area (Å²) in [4.78, 5) is 43.3. The summed E-state index contributed by atoms with van der Waals surface area (Å²) in [5, 5.41) is 17.7. The maximum Gasteiger partial charge on any atom is 0.338 e. The van der Waals surface area contributed by atoms with Crippen molar-refractivity contribution in [2.75, 3.05) is 17.8 Å². The molecule has 2 aromatic rings. The van der Waals surface area contributed by atoms with Crippen LogP contribution in [0.5, 0.6) is 11.5 Å². The van der Waals surface area contributed by atoms with Crippen LogP contribution in [0, 0.1) is 0 Å². The first-order valence-electron chi connectivity index (χ1n) is 9.07. The van der Waals surface area contributed by atoms with Gasteiger partial charge in [-0.25, -0.2) is 14.5 Å². The van der Waals surface area contributed by atoms with Gasteiger partial charge in [-0.3, -0.25) is 14.0 Å². The van der Waals surface area contributed by atoms with Gasteiger partial charge in [-0.15, -0.1) is 0 Å². The molecule has 9 nitrogen and oxygen atoms in total. The number of anilines is 2. The van der Waals surface area contributed by atoms with Crippen LogP contribution in [-0.4, -0.2) is 41.1 Å². The Morgan fingerprint density at radius 1 is 0.806 bits per heavy atom. The van der Waals surface area contributed by atoms with Gasteiger partial charge in [0.1, 0.15) is 11.5 Å². The lowest BCUT2D eigenvalue weighted by Gasteiger charge is -2.13. The van der Waals surface area contributed by atoms with Gasteiger partial charge >= 0.3 is 11.9 Å². The molecule has 0 spiro atoms. The summed E-state index contributed by atoms with van der Waals surface area (Å²) in [7, 11) is -1.00. The number of aromatic hydroxyl groups is 2. The molecular weight excluding hydrogens is 411 g/mol. The van der Waals surface area contributed by atoms with E-state index < -0.39 is 19.1 Å². The van der Waals surface area contributed by atoms with Crippen LogP contribution in [0.25, 0.3) is 0 Å². The average molecular weight is 431 g/mol. The highest BCUT2D eigenvalue weighted by Gasteiger charge is 2.24. The number of amides is 2. The number of carbonyl (C=O) groups is 4. The van der Waals surface area contributed by atoms with Crippen molar-refractivity contribution in [2.24, 2.45) is 0 Å². The van der Waals surface area contributed by atoms with Crippen molar-refractivity contribution in [1.82, 2.24) is 0 Å². The second-order valence-corrected chi connectivity index (χ2v) is 5.53. The number of esters is 2. The quantitative estimate of drug-likeness (QED) is 0.204. The van der Waals surface area contributed by atoms with Crippen molar-refractivity contribution in [3.05, 3.63) is 72.8 Å². The summed E-state index contributed by atoms with van der Waals surface area (Å²) in [5.41, 5.74) is 6.45. The highest BCUT2D eigenvalue weighted by atomic mass is 19.1. The number of hydrogen-bond acceptors (Lipinski definition) is 8. The maximum absolute atomic E-state index is 11.2. The standard InChI is InChI=1S/C10H7NO3.C6H7NO.C4H2O3.CH3F/c12-8-3-1-7(2-4-8)11-9(13)5-6-10(11)14;7-5-1-3-6(8)4-2-5;5-3-1-2-4(6)7-3;1-2/h1-6,12H;1-4,8H,7H2;1-2H;1H3/i;;;1D. The molecule has 31 heavy (non-hydrogen) atoms. The van der Waals surface area contributed by atoms with E-state index in [4.69, 9.17) is 17.3 Å². The SMILES string of the molecule is Nc1ccc(O)cc1.O=C1C=CC(=O)N1c1ccc(O)cc1.O=C1C=CC(=O)O1.[2H]CF. The summed E-state index contributed by atoms with van der Waals surface area (Å²) >= 11 is 0. The molecule has 2 aromatic carbocycles. The summed E-state index contributed by atoms with van der Waals surface area (Å²) in [6, 6.07) is 12.3. The number of carbonyl (C=O) groups excluding carboxylic acids is 4. The predicted octanol–water partition coefficient (Wildman–Crippen LogP) is 2.01. The Morgan fingerprint density at radius 2 is 1.19 bits per heavy atom. The van der Waals surface area contributed by atoms with Crippen LogP contribution in [0.1, 0.15) is 1.37 Å². The van der Waals surface area contributed by atoms with Crippen LogP contribution in [0.15, 0.2) is 72.8 Å². The Hall–Kier alpha value is -4.47. The number of ether oxygens (including phenoxy) is 1. The zero-order valence-electron chi connectivity index (χ0n) is 17.0. The fourth-order valence-electron chi connectivity index (χ4n) is 2.03. The van der Waals surface area contributed by atoms with Gasteiger partial charge in [-0.1, -0.05) is 0 Å². The highest BCUT2D eigenvalue weighted by molar-refractivity contribution is 6.28. The van der Waals surface area contributed by atoms with E-state index >= 15 is 0 Å². The molecule has 0 bridgehead atoms. The third kappa shape index (κ3) is 8.20. The number of halogens is 1. The van der Waals surface area contributed by atoms with Crippen molar-refractivity contribution in [2.45, 2.75) is 0 Å². The number of nitrogens with two attached hydrogens (primary N) is 1. The van der Waals surface area contributed by atoms with Gasteiger partial charge in [0.25, 0.3) is 11.8 Å². The molecule has 162 valence electrons. The van der Waals surface area contributed by atoms with E-state index in [1.807, 2.05) is 0 Å². The third-order valence-corrected chi connectivity index (χ3v) is 3.37. The van der Waals surface area contributed by atoms with Gasteiger partial charge in [0, 0.05) is 30.0 Å². The minimum absolute atomic E-state index is 0.0980. The number of nitrogens with zero attached hydrogens (tertiary/aromatic N) is 1. The lowest BCUT2D eigenvalue weighted by Crippen LogP contribution is -2.29. The van der Waals surface area contributed by atoms with Crippen molar-refractivity contribution >= 4 is 35.1 Å². The molecule has 2 amide bonds. The molecule has 2 heterocycles. The Morgan fingerprint density at radius 3 is 1.52 bits per heavy atom. The maximum atomic E-state index is 11.2. The van der Waals surface area contributed by atoms with E-state index in [2.05, 4.69) is 4.74 Å². The fourth-order valence-corrected chi connectivity index (χ4v) is 2.03. The second-order valence-electron chi connectivity index (χ2n) is 5.53. The number of hydrogen-bond donors (Lipinski definition) is 3. The molecule has 2 aliphatic rings. The molecule has 0 saturated heterocycles. The van der Waals surface area contributed by atoms with E-state index in [1.165, 1.54) is 36.4 Å². The first-order valence-corrected chi connectivity index (χ1v) is 8.36. The number of rotatable bonds is 1. The molecule has 0 unspecified atom stereocenters. The minimum atomic E-state index is -1.00. The van der Waals surface area contributed by atoms with Crippen LogP contribution in [-0.2, 0) is 23.9 Å². The molecule has 0 saturated carbocycles. The van der Waals surface area contributed by atoms with Gasteiger partial charge < -0.3 is 20.7 Å². The molecule has 0 aromatic heterocycles. The van der Waals surface area contributed by atoms with Gasteiger partial charge in [-0.05, 0) is 48.5 Å². The molecule has 4 rings (SSSR count). The second kappa shape index (κ2) is 12.2. The summed E-state index contributed by atoms with van der Waals surface area (Å²) < 4.78 is 19.5. The molecule has 0 fully saturated rings. The van der Waals surface area contributed by atoms with E-state index in [-0.39, 0.29) is 23.3 Å². The fraction of sp³-hybridized carbons (Fsp3) is 0.0476. The molecular formula is C21H19FN2O7. The van der Waals surface area contributed by atoms with Crippen LogP contribution in [0.4, 0.5) is 15.8 Å². The largest absolute Gasteiger partial charge is 0.508 e. The van der Waals surface area contributed by atoms with E-state index in [0.717, 1.165) is 17.1 Å². The topological polar surface area (TPSA) is 147 Å². The lowest BCUT2D eigenvalue weighted by molar-refractivity contribution is -0.150. The molecule has 10 heteroatoms. The van der Waals surface area contributed by atoms with Crippen LogP contribution in [0.2, 0.25) is 0 Å². The summed E-state index contributed by atoms with van der Waals surface area (Å²) in [6.07, 6.45) is 4.61. The molecule has 0 radical (unpaired) electrons. The summed E-state index contributed by atoms with van der Waals surface area (Å²) in [5.74, 6) is -1.53. The number of nitrogen functional groups attached to an aromatic ring is 1. The first-order chi connectivity index (χ1) is 15.2. The molecule has 0 aliphatic carbocycles. The predicted molar refractivity (Wildman–Crippen MR) is 110 cm³/mol. The van der Waals surface area contributed by atoms with Crippen LogP contribution in [0.3, 0.4) is 0 Å². The van der Waals surface area contributed by atoms with Gasteiger partial charge in [0.05, 0.1) is 14.2 Å². The smallest absolute Gasteiger partial charge is 0.338 e. The lowest BCUT2D eigenvalue weighted by atomic mass is 10.3. The number of benzene rings is 2. The van der Waals surface area contributed by atoms with Crippen LogP contribution < -0.4 is 10.6 Å². The Labute approximate surface area is 177 Å². The third-order valence-electron chi connectivity index (χ3n) is 3.37. The number of phenols is 2. The average Bonchev–Trinajstić information content (AvgIpc) is 3.30. The Kier molecular flexibility index (Phi) is 8.96. The highest BCUT2D eigenvalue weighted by Crippen LogP contribution is 2.21. The van der Waals surface area contributed by atoms with Crippen molar-refractivity contribution < 1.29 is 39.9 Å². The van der Waals surface area contributed by atoms with Crippen molar-refractivity contribution in [3.8, 4) is 11.5 Å². The van der Waals surface area contributed by atoms with Gasteiger partial charge in [0.2, 0.25) is 0 Å². The number of phenolic OH excluding ortho intramolecular Hbond substituents is 2. The first kappa shape index (κ1) is 22.8. The minimum Gasteiger partial charge on any atom is -0.508 e. The normalized spacial score (nSPS) is 13.8. The molecule has 0 atom stereocenters. The van der Waals surface area contributed by atoms with Crippen LogP contribution >= 0.6 is 0 Å². The zero-order chi connectivity index (χ0) is 24.1. The monoisotopic (exact) mass is 431 g/mol. The molecule has 4 N–H and O–H groups in total. The Balaban J connectivity index is 0.000000243. The molecule has 2 aliphatic heterocycles. The van der Waals surface area contributed by atoms with Crippen molar-refractivity contribution in [3.63, 3.8) is 0 Å². The van der Waals surface area contributed by atoms with Gasteiger partial charge in [-0.2, -0.15) is 0 Å². The zero-order valence-corrected chi connectivity index (χ0v) is 16.0. The number of alkyl halides is 1. The van der Waals surface area contributed by atoms with Crippen molar-refractivity contribution in [1.29, 1.82) is 0 Å². The van der Waals surface area contributed by atoms with E-state index in [1.54, 1.807) is 24.3 Å². The van der Waals surface area contributed by atoms with Gasteiger partial charge in [0.15, 0.2) is 0 Å². The number of cyclic esters (lactones) is 2. The van der Waals surface area contributed by atoms with E-state index in [9.17, 15) is 23.6 Å². The number of imide groups is 1. The Bertz CT molecular complexity index is 951.